The van der Waals surface area contributed by atoms with Crippen LogP contribution in [0.3, 0.4) is 0 Å². The van der Waals surface area contributed by atoms with Gasteiger partial charge in [0.15, 0.2) is 0 Å². The lowest BCUT2D eigenvalue weighted by Crippen LogP contribution is -2.58. The molecule has 1 saturated heterocycles. The molecule has 1 aromatic carbocycles. The van der Waals surface area contributed by atoms with Gasteiger partial charge in [-0.3, -0.25) is 4.90 Å². The first-order valence-corrected chi connectivity index (χ1v) is 10.0. The van der Waals surface area contributed by atoms with E-state index >= 15 is 0 Å². The van der Waals surface area contributed by atoms with Crippen molar-refractivity contribution in [1.29, 1.82) is 0 Å². The van der Waals surface area contributed by atoms with Crippen molar-refractivity contribution < 1.29 is 4.74 Å². The minimum absolute atomic E-state index is 0.247. The normalized spacial score (nSPS) is 29.5. The summed E-state index contributed by atoms with van der Waals surface area (Å²) in [5.41, 5.74) is 1.51. The van der Waals surface area contributed by atoms with Crippen molar-refractivity contribution in [3.63, 3.8) is 0 Å². The van der Waals surface area contributed by atoms with Crippen LogP contribution in [-0.2, 0) is 11.3 Å². The van der Waals surface area contributed by atoms with Crippen LogP contribution in [0.25, 0.3) is 0 Å². The highest BCUT2D eigenvalue weighted by Crippen LogP contribution is 2.39. The second-order valence-corrected chi connectivity index (χ2v) is 8.93. The molecule has 3 heteroatoms. The van der Waals surface area contributed by atoms with E-state index in [2.05, 4.69) is 65.0 Å². The van der Waals surface area contributed by atoms with Gasteiger partial charge in [-0.1, -0.05) is 79.4 Å². The number of hydrogen-bond donors (Lipinski definition) is 0. The lowest BCUT2D eigenvalue weighted by molar-refractivity contribution is -0.0579. The van der Waals surface area contributed by atoms with Crippen LogP contribution in [0.2, 0.25) is 0 Å². The van der Waals surface area contributed by atoms with Gasteiger partial charge in [0.25, 0.3) is 0 Å². The van der Waals surface area contributed by atoms with Crippen LogP contribution in [0.15, 0.2) is 30.3 Å². The average Bonchev–Trinajstić information content (AvgIpc) is 2.58. The summed E-state index contributed by atoms with van der Waals surface area (Å²) in [6, 6.07) is 11.3. The molecule has 0 N–H and O–H groups in total. The maximum Gasteiger partial charge on any atom is 0.0837 e. The fourth-order valence-electron chi connectivity index (χ4n) is 4.14. The Balaban J connectivity index is 1.64. The Morgan fingerprint density at radius 2 is 1.83 bits per heavy atom. The van der Waals surface area contributed by atoms with E-state index in [-0.39, 0.29) is 11.5 Å². The molecule has 1 aromatic rings. The van der Waals surface area contributed by atoms with Crippen LogP contribution in [-0.4, -0.2) is 35.0 Å². The molecule has 0 amide bonds. The highest BCUT2D eigenvalue weighted by Gasteiger charge is 2.43. The van der Waals surface area contributed by atoms with Gasteiger partial charge in [0.1, 0.15) is 0 Å². The molecule has 2 atom stereocenters. The standard InChI is InChI=1S/C20H30BrNO/c1-20(2)15-22(17-11-7-4-8-12-17)13-18(19(20)21)23-14-16-9-5-3-6-10-16/h3,5-6,9-10,17-19H,4,7-8,11-15H2,1-2H3/t18-,19-/m1/s1. The first-order valence-electron chi connectivity index (χ1n) is 9.10. The summed E-state index contributed by atoms with van der Waals surface area (Å²) in [7, 11) is 0. The monoisotopic (exact) mass is 379 g/mol. The zero-order valence-corrected chi connectivity index (χ0v) is 16.1. The Hall–Kier alpha value is -0.380. The van der Waals surface area contributed by atoms with Gasteiger partial charge in [0, 0.05) is 24.0 Å². The summed E-state index contributed by atoms with van der Waals surface area (Å²) < 4.78 is 6.35. The molecule has 128 valence electrons. The molecule has 0 aromatic heterocycles. The Bertz CT molecular complexity index is 484. The van der Waals surface area contributed by atoms with Gasteiger partial charge in [0.2, 0.25) is 0 Å². The van der Waals surface area contributed by atoms with E-state index in [1.165, 1.54) is 44.2 Å². The predicted molar refractivity (Wildman–Crippen MR) is 100.0 cm³/mol. The number of ether oxygens (including phenoxy) is 1. The smallest absolute Gasteiger partial charge is 0.0837 e. The van der Waals surface area contributed by atoms with Gasteiger partial charge in [-0.2, -0.15) is 0 Å². The lowest BCUT2D eigenvalue weighted by atomic mass is 9.80. The number of nitrogens with zero attached hydrogens (tertiary/aromatic N) is 1. The summed E-state index contributed by atoms with van der Waals surface area (Å²) in [5.74, 6) is 0. The van der Waals surface area contributed by atoms with E-state index in [4.69, 9.17) is 4.74 Å². The van der Waals surface area contributed by atoms with Crippen molar-refractivity contribution in [1.82, 2.24) is 4.90 Å². The van der Waals surface area contributed by atoms with Gasteiger partial charge in [0.05, 0.1) is 12.7 Å². The molecule has 1 aliphatic carbocycles. The molecule has 2 nitrogen and oxygen atoms in total. The van der Waals surface area contributed by atoms with Crippen molar-refractivity contribution in [2.24, 2.45) is 5.41 Å². The molecule has 3 rings (SSSR count). The summed E-state index contributed by atoms with van der Waals surface area (Å²) in [5, 5.41) is 0. The number of hydrogen-bond acceptors (Lipinski definition) is 2. The number of benzene rings is 1. The summed E-state index contributed by atoms with van der Waals surface area (Å²) >= 11 is 3.95. The first kappa shape index (κ1) is 17.4. The van der Waals surface area contributed by atoms with E-state index in [1.54, 1.807) is 0 Å². The zero-order valence-electron chi connectivity index (χ0n) is 14.5. The van der Waals surface area contributed by atoms with Crippen LogP contribution >= 0.6 is 15.9 Å². The number of likely N-dealkylation sites (tertiary alicyclic amines) is 1. The van der Waals surface area contributed by atoms with Gasteiger partial charge in [-0.15, -0.1) is 0 Å². The van der Waals surface area contributed by atoms with Gasteiger partial charge < -0.3 is 4.74 Å². The number of halogens is 1. The molecule has 1 aliphatic heterocycles. The molecule has 1 heterocycles. The van der Waals surface area contributed by atoms with Crippen LogP contribution in [0.5, 0.6) is 0 Å². The van der Waals surface area contributed by atoms with Crippen LogP contribution in [0, 0.1) is 5.41 Å². The highest BCUT2D eigenvalue weighted by atomic mass is 79.9. The Morgan fingerprint density at radius 3 is 2.52 bits per heavy atom. The van der Waals surface area contributed by atoms with Gasteiger partial charge >= 0.3 is 0 Å². The fraction of sp³-hybridized carbons (Fsp3) is 0.700. The average molecular weight is 380 g/mol. The molecule has 1 saturated carbocycles. The predicted octanol–water partition coefficient (Wildman–Crippen LogP) is 5.01. The Labute approximate surface area is 149 Å². The van der Waals surface area contributed by atoms with Crippen LogP contribution in [0.4, 0.5) is 0 Å². The minimum Gasteiger partial charge on any atom is -0.371 e. The Morgan fingerprint density at radius 1 is 1.13 bits per heavy atom. The summed E-state index contributed by atoms with van der Waals surface area (Å²) in [6.07, 6.45) is 7.22. The topological polar surface area (TPSA) is 12.5 Å². The quantitative estimate of drug-likeness (QED) is 0.681. The van der Waals surface area contributed by atoms with Crippen LogP contribution in [0.1, 0.15) is 51.5 Å². The van der Waals surface area contributed by atoms with Gasteiger partial charge in [-0.05, 0) is 23.8 Å². The molecule has 23 heavy (non-hydrogen) atoms. The van der Waals surface area contributed by atoms with E-state index in [9.17, 15) is 0 Å². The number of rotatable bonds is 4. The van der Waals surface area contributed by atoms with Crippen molar-refractivity contribution >= 4 is 15.9 Å². The fourth-order valence-corrected chi connectivity index (χ4v) is 4.61. The molecular formula is C20H30BrNO. The molecule has 0 spiro atoms. The second kappa shape index (κ2) is 7.67. The number of alkyl halides is 1. The third-order valence-corrected chi connectivity index (χ3v) is 7.33. The summed E-state index contributed by atoms with van der Waals surface area (Å²) in [4.78, 5) is 3.13. The SMILES string of the molecule is CC1(C)CN(C2CCCCC2)C[C@@H](OCc2ccccc2)[C@H]1Br. The van der Waals surface area contributed by atoms with E-state index in [0.717, 1.165) is 12.6 Å². The molecule has 2 aliphatic rings. The molecule has 2 fully saturated rings. The van der Waals surface area contributed by atoms with Crippen molar-refractivity contribution in [2.45, 2.75) is 69.5 Å². The third-order valence-electron chi connectivity index (χ3n) is 5.50. The maximum atomic E-state index is 6.35. The molecular weight excluding hydrogens is 350 g/mol. The van der Waals surface area contributed by atoms with Crippen LogP contribution < -0.4 is 0 Å². The van der Waals surface area contributed by atoms with Crippen molar-refractivity contribution in [3.8, 4) is 0 Å². The van der Waals surface area contributed by atoms with E-state index in [1.807, 2.05) is 0 Å². The van der Waals surface area contributed by atoms with E-state index in [0.29, 0.717) is 11.4 Å². The number of piperidine rings is 1. The van der Waals surface area contributed by atoms with Crippen molar-refractivity contribution in [2.75, 3.05) is 13.1 Å². The second-order valence-electron chi connectivity index (χ2n) is 7.95. The molecule has 0 bridgehead atoms. The summed E-state index contributed by atoms with van der Waals surface area (Å²) in [6.45, 7) is 7.71. The van der Waals surface area contributed by atoms with Gasteiger partial charge in [-0.25, -0.2) is 0 Å². The largest absolute Gasteiger partial charge is 0.371 e. The van der Waals surface area contributed by atoms with E-state index < -0.39 is 0 Å². The maximum absolute atomic E-state index is 6.35. The Kier molecular flexibility index (Phi) is 5.82. The highest BCUT2D eigenvalue weighted by molar-refractivity contribution is 9.09. The van der Waals surface area contributed by atoms with Crippen molar-refractivity contribution in [3.05, 3.63) is 35.9 Å². The zero-order chi connectivity index (χ0) is 16.3. The minimum atomic E-state index is 0.247. The first-order chi connectivity index (χ1) is 11.1. The molecule has 0 unspecified atom stereocenters. The molecule has 0 radical (unpaired) electrons. The lowest BCUT2D eigenvalue weighted by Gasteiger charge is -2.49. The third kappa shape index (κ3) is 4.37.